The first kappa shape index (κ1) is 16.2. The van der Waals surface area contributed by atoms with Crippen molar-refractivity contribution in [2.75, 3.05) is 19.0 Å². The summed E-state index contributed by atoms with van der Waals surface area (Å²) >= 11 is 0. The molecule has 126 valence electrons. The van der Waals surface area contributed by atoms with Gasteiger partial charge >= 0.3 is 0 Å². The predicted octanol–water partition coefficient (Wildman–Crippen LogP) is 2.37. The van der Waals surface area contributed by atoms with E-state index in [-0.39, 0.29) is 5.91 Å². The summed E-state index contributed by atoms with van der Waals surface area (Å²) in [7, 11) is 1.71. The Morgan fingerprint density at radius 1 is 1.38 bits per heavy atom. The highest BCUT2D eigenvalue weighted by Crippen LogP contribution is 2.23. The molecule has 1 amide bonds. The fraction of sp³-hybridized carbons (Fsp3) is 0.353. The third-order valence-corrected chi connectivity index (χ3v) is 3.93. The highest BCUT2D eigenvalue weighted by atomic mass is 16.5. The van der Waals surface area contributed by atoms with Gasteiger partial charge in [-0.1, -0.05) is 18.2 Å². The van der Waals surface area contributed by atoms with Gasteiger partial charge in [-0.3, -0.25) is 10.1 Å². The summed E-state index contributed by atoms with van der Waals surface area (Å²) in [5.41, 5.74) is 2.46. The maximum atomic E-state index is 11.9. The van der Waals surface area contributed by atoms with Crippen molar-refractivity contribution < 1.29 is 9.53 Å². The summed E-state index contributed by atoms with van der Waals surface area (Å²) in [6, 6.07) is 8.33. The molecule has 0 aliphatic heterocycles. The molecule has 2 heterocycles. The number of anilines is 1. The Bertz CT molecular complexity index is 795. The lowest BCUT2D eigenvalue weighted by Crippen LogP contribution is -2.12. The standard InChI is InChI=1S/C17H21N5O2/c1-24-10-9-22-11-13(14-6-2-3-7-15(14)22)5-4-8-16(23)20-17-18-12-19-21-17/h2-3,6-7,11-12H,4-5,8-10H2,1H3,(H2,18,19,20,21,23). The second-order valence-corrected chi connectivity index (χ2v) is 5.59. The number of carbonyl (C=O) groups is 1. The van der Waals surface area contributed by atoms with Crippen LogP contribution in [-0.2, 0) is 22.5 Å². The van der Waals surface area contributed by atoms with Crippen molar-refractivity contribution in [3.05, 3.63) is 42.4 Å². The van der Waals surface area contributed by atoms with Crippen LogP contribution in [0.4, 0.5) is 5.95 Å². The number of hydrogen-bond donors (Lipinski definition) is 2. The van der Waals surface area contributed by atoms with Crippen LogP contribution < -0.4 is 5.32 Å². The van der Waals surface area contributed by atoms with E-state index < -0.39 is 0 Å². The van der Waals surface area contributed by atoms with Gasteiger partial charge in [-0.05, 0) is 24.5 Å². The topological polar surface area (TPSA) is 84.8 Å². The van der Waals surface area contributed by atoms with E-state index in [2.05, 4.69) is 43.4 Å². The van der Waals surface area contributed by atoms with E-state index in [4.69, 9.17) is 4.74 Å². The molecule has 3 rings (SSSR count). The van der Waals surface area contributed by atoms with Crippen LogP contribution >= 0.6 is 0 Å². The van der Waals surface area contributed by atoms with Gasteiger partial charge in [0.05, 0.1) is 6.61 Å². The minimum absolute atomic E-state index is 0.0603. The van der Waals surface area contributed by atoms with E-state index in [9.17, 15) is 4.79 Å². The van der Waals surface area contributed by atoms with Gasteiger partial charge in [0, 0.05) is 37.2 Å². The number of para-hydroxylation sites is 1. The molecule has 0 saturated carbocycles. The van der Waals surface area contributed by atoms with Crippen LogP contribution in [0.25, 0.3) is 10.9 Å². The Hall–Kier alpha value is -2.67. The molecule has 0 spiro atoms. The number of carbonyl (C=O) groups excluding carboxylic acids is 1. The van der Waals surface area contributed by atoms with Crippen LogP contribution in [0.1, 0.15) is 18.4 Å². The lowest BCUT2D eigenvalue weighted by atomic mass is 10.1. The van der Waals surface area contributed by atoms with Crippen LogP contribution in [0.3, 0.4) is 0 Å². The molecule has 24 heavy (non-hydrogen) atoms. The van der Waals surface area contributed by atoms with E-state index >= 15 is 0 Å². The van der Waals surface area contributed by atoms with Crippen LogP contribution in [0.15, 0.2) is 36.8 Å². The van der Waals surface area contributed by atoms with Crippen molar-refractivity contribution in [3.8, 4) is 0 Å². The summed E-state index contributed by atoms with van der Waals surface area (Å²) in [6.07, 6.45) is 5.60. The molecule has 2 aromatic heterocycles. The third kappa shape index (κ3) is 3.80. The van der Waals surface area contributed by atoms with Crippen LogP contribution in [0, 0.1) is 0 Å². The average molecular weight is 327 g/mol. The zero-order valence-electron chi connectivity index (χ0n) is 13.7. The molecule has 0 unspecified atom stereocenters. The van der Waals surface area contributed by atoms with Gasteiger partial charge in [-0.25, -0.2) is 5.10 Å². The maximum absolute atomic E-state index is 11.9. The number of aromatic nitrogens is 4. The van der Waals surface area contributed by atoms with Gasteiger partial charge in [0.25, 0.3) is 0 Å². The Labute approximate surface area is 140 Å². The number of fused-ring (bicyclic) bond motifs is 1. The normalized spacial score (nSPS) is 11.0. The first-order valence-corrected chi connectivity index (χ1v) is 7.99. The smallest absolute Gasteiger partial charge is 0.226 e. The summed E-state index contributed by atoms with van der Waals surface area (Å²) in [5, 5.41) is 10.2. The van der Waals surface area contributed by atoms with Crippen molar-refractivity contribution in [1.29, 1.82) is 0 Å². The maximum Gasteiger partial charge on any atom is 0.226 e. The molecule has 0 atom stereocenters. The summed E-state index contributed by atoms with van der Waals surface area (Å²) in [6.45, 7) is 1.50. The predicted molar refractivity (Wildman–Crippen MR) is 91.8 cm³/mol. The number of benzene rings is 1. The van der Waals surface area contributed by atoms with Crippen LogP contribution in [0.5, 0.6) is 0 Å². The highest BCUT2D eigenvalue weighted by Gasteiger charge is 2.09. The van der Waals surface area contributed by atoms with Crippen molar-refractivity contribution >= 4 is 22.8 Å². The number of amides is 1. The molecule has 1 aromatic carbocycles. The quantitative estimate of drug-likeness (QED) is 0.665. The van der Waals surface area contributed by atoms with Crippen molar-refractivity contribution in [3.63, 3.8) is 0 Å². The zero-order chi connectivity index (χ0) is 16.8. The molecular weight excluding hydrogens is 306 g/mol. The number of nitrogens with zero attached hydrogens (tertiary/aromatic N) is 3. The fourth-order valence-electron chi connectivity index (χ4n) is 2.80. The minimum atomic E-state index is -0.0603. The molecule has 3 aromatic rings. The second kappa shape index (κ2) is 7.74. The molecular formula is C17H21N5O2. The average Bonchev–Trinajstić information content (AvgIpc) is 3.21. The number of rotatable bonds is 8. The van der Waals surface area contributed by atoms with Gasteiger partial charge in [0.2, 0.25) is 11.9 Å². The van der Waals surface area contributed by atoms with Crippen LogP contribution in [0.2, 0.25) is 0 Å². The van der Waals surface area contributed by atoms with E-state index in [0.29, 0.717) is 19.0 Å². The number of ether oxygens (including phenoxy) is 1. The summed E-state index contributed by atoms with van der Waals surface area (Å²) in [5.74, 6) is 0.325. The van der Waals surface area contributed by atoms with Gasteiger partial charge in [-0.15, -0.1) is 0 Å². The number of H-pyrrole nitrogens is 1. The van der Waals surface area contributed by atoms with Gasteiger partial charge in [0.1, 0.15) is 6.33 Å². The lowest BCUT2D eigenvalue weighted by molar-refractivity contribution is -0.116. The third-order valence-electron chi connectivity index (χ3n) is 3.93. The minimum Gasteiger partial charge on any atom is -0.383 e. The number of aryl methyl sites for hydroxylation is 1. The molecule has 7 heteroatoms. The molecule has 0 aliphatic rings. The Morgan fingerprint density at radius 2 is 2.25 bits per heavy atom. The van der Waals surface area contributed by atoms with Crippen molar-refractivity contribution in [2.24, 2.45) is 0 Å². The molecule has 0 aliphatic carbocycles. The van der Waals surface area contributed by atoms with Crippen molar-refractivity contribution in [2.45, 2.75) is 25.8 Å². The summed E-state index contributed by atoms with van der Waals surface area (Å²) < 4.78 is 7.39. The van der Waals surface area contributed by atoms with Gasteiger partial charge in [0.15, 0.2) is 0 Å². The number of aromatic amines is 1. The molecule has 7 nitrogen and oxygen atoms in total. The van der Waals surface area contributed by atoms with Gasteiger partial charge in [-0.2, -0.15) is 10.1 Å². The van der Waals surface area contributed by atoms with Crippen LogP contribution in [-0.4, -0.2) is 39.4 Å². The van der Waals surface area contributed by atoms with E-state index in [1.165, 1.54) is 22.8 Å². The first-order chi connectivity index (χ1) is 11.8. The molecule has 0 saturated heterocycles. The Kier molecular flexibility index (Phi) is 5.22. The SMILES string of the molecule is COCCn1cc(CCCC(=O)Nc2ncn[nH]2)c2ccccc21. The van der Waals surface area contributed by atoms with E-state index in [0.717, 1.165) is 19.4 Å². The monoisotopic (exact) mass is 327 g/mol. The van der Waals surface area contributed by atoms with E-state index in [1.54, 1.807) is 7.11 Å². The lowest BCUT2D eigenvalue weighted by Gasteiger charge is -2.03. The largest absolute Gasteiger partial charge is 0.383 e. The first-order valence-electron chi connectivity index (χ1n) is 7.99. The fourth-order valence-corrected chi connectivity index (χ4v) is 2.80. The Morgan fingerprint density at radius 3 is 3.04 bits per heavy atom. The molecule has 0 fully saturated rings. The summed E-state index contributed by atoms with van der Waals surface area (Å²) in [4.78, 5) is 15.8. The van der Waals surface area contributed by atoms with Crippen molar-refractivity contribution in [1.82, 2.24) is 19.7 Å². The van der Waals surface area contributed by atoms with E-state index in [1.807, 2.05) is 12.1 Å². The highest BCUT2D eigenvalue weighted by molar-refractivity contribution is 5.89. The molecule has 0 radical (unpaired) electrons. The second-order valence-electron chi connectivity index (χ2n) is 5.59. The Balaban J connectivity index is 1.61. The van der Waals surface area contributed by atoms with Gasteiger partial charge < -0.3 is 9.30 Å². The molecule has 2 N–H and O–H groups in total. The zero-order valence-corrected chi connectivity index (χ0v) is 13.7. The molecule has 0 bridgehead atoms. The number of hydrogen-bond acceptors (Lipinski definition) is 4. The number of nitrogens with one attached hydrogen (secondary N) is 2. The number of methoxy groups -OCH3 is 1.